The fourth-order valence-electron chi connectivity index (χ4n) is 7.41. The lowest BCUT2D eigenvalue weighted by Gasteiger charge is -2.36. The van der Waals surface area contributed by atoms with E-state index in [0.717, 1.165) is 0 Å². The molecule has 2 heterocycles. The first kappa shape index (κ1) is 27.3. The van der Waals surface area contributed by atoms with Gasteiger partial charge in [0.2, 0.25) is 19.1 Å². The van der Waals surface area contributed by atoms with Crippen molar-refractivity contribution in [3.63, 3.8) is 0 Å². The third-order valence-corrected chi connectivity index (χ3v) is 9.54. The molecular formula is C38H40B2N+. The van der Waals surface area contributed by atoms with Crippen LogP contribution < -0.4 is 37.3 Å². The van der Waals surface area contributed by atoms with Crippen LogP contribution in [0.2, 0.25) is 0 Å². The highest BCUT2D eigenvalue weighted by atomic mass is 14.9. The summed E-state index contributed by atoms with van der Waals surface area (Å²) in [4.78, 5) is 0. The maximum Gasteiger partial charge on any atom is 0.241 e. The van der Waals surface area contributed by atoms with Crippen molar-refractivity contribution in [1.82, 2.24) is 0 Å². The number of pyridine rings is 1. The lowest BCUT2D eigenvalue weighted by molar-refractivity contribution is -0.660. The predicted molar refractivity (Wildman–Crippen MR) is 179 cm³/mol. The molecule has 0 unspecified atom stereocenters. The van der Waals surface area contributed by atoms with Crippen LogP contribution in [0.5, 0.6) is 0 Å². The Morgan fingerprint density at radius 2 is 1.10 bits per heavy atom. The minimum absolute atomic E-state index is 0.182. The Kier molecular flexibility index (Phi) is 7.02. The van der Waals surface area contributed by atoms with E-state index in [1.54, 1.807) is 0 Å². The lowest BCUT2D eigenvalue weighted by atomic mass is 9.20. The minimum atomic E-state index is 0.182. The van der Waals surface area contributed by atoms with Gasteiger partial charge in [-0.2, -0.15) is 0 Å². The third kappa shape index (κ3) is 4.47. The average molecular weight is 532 g/mol. The second kappa shape index (κ2) is 10.5. The Labute approximate surface area is 247 Å². The molecule has 0 saturated heterocycles. The van der Waals surface area contributed by atoms with Gasteiger partial charge in [-0.25, -0.2) is 4.57 Å². The van der Waals surface area contributed by atoms with Crippen molar-refractivity contribution >= 4 is 46.2 Å². The van der Waals surface area contributed by atoms with Crippen molar-refractivity contribution in [2.24, 2.45) is 7.05 Å². The molecule has 1 nitrogen and oxygen atoms in total. The molecular weight excluding hydrogens is 492 g/mol. The molecule has 202 valence electrons. The number of hydrogen-bond acceptors (Lipinski definition) is 0. The van der Waals surface area contributed by atoms with Gasteiger partial charge < -0.3 is 0 Å². The van der Waals surface area contributed by atoms with Gasteiger partial charge in [-0.3, -0.25) is 0 Å². The highest BCUT2D eigenvalue weighted by Crippen LogP contribution is 2.24. The molecule has 0 amide bonds. The fraction of sp³-hybridized carbons (Fsp3) is 0.237. The van der Waals surface area contributed by atoms with Crippen molar-refractivity contribution < 1.29 is 4.57 Å². The monoisotopic (exact) mass is 532 g/mol. The van der Waals surface area contributed by atoms with Gasteiger partial charge in [0, 0.05) is 17.7 Å². The molecule has 0 radical (unpaired) electrons. The molecule has 0 spiro atoms. The van der Waals surface area contributed by atoms with Crippen LogP contribution in [0, 0.1) is 34.6 Å². The summed E-state index contributed by atoms with van der Waals surface area (Å²) in [5.41, 5.74) is 19.5. The first-order valence-electron chi connectivity index (χ1n) is 15.0. The van der Waals surface area contributed by atoms with Crippen molar-refractivity contribution in [2.75, 3.05) is 0 Å². The molecule has 41 heavy (non-hydrogen) atoms. The van der Waals surface area contributed by atoms with E-state index in [2.05, 4.69) is 151 Å². The Bertz CT molecular complexity index is 1760. The van der Waals surface area contributed by atoms with E-state index in [1.165, 1.54) is 77.4 Å². The second-order valence-electron chi connectivity index (χ2n) is 12.5. The number of hydrogen-bond donors (Lipinski definition) is 0. The normalized spacial score (nSPS) is 12.5. The molecule has 6 rings (SSSR count). The number of aryl methyl sites for hydroxylation is 5. The summed E-state index contributed by atoms with van der Waals surface area (Å²) < 4.78 is 2.29. The van der Waals surface area contributed by atoms with Crippen LogP contribution in [0.1, 0.15) is 53.1 Å². The Morgan fingerprint density at radius 1 is 0.561 bits per heavy atom. The molecule has 1 aromatic heterocycles. The minimum Gasteiger partial charge on any atom is -0.201 e. The maximum atomic E-state index is 2.45. The van der Waals surface area contributed by atoms with Crippen LogP contribution >= 0.6 is 0 Å². The van der Waals surface area contributed by atoms with Gasteiger partial charge in [0.25, 0.3) is 0 Å². The van der Waals surface area contributed by atoms with E-state index >= 15 is 0 Å². The molecule has 0 bridgehead atoms. The molecule has 0 fully saturated rings. The van der Waals surface area contributed by atoms with E-state index in [4.69, 9.17) is 0 Å². The number of fused-ring (bicyclic) bond motifs is 2. The predicted octanol–water partition coefficient (Wildman–Crippen LogP) is 4.19. The van der Waals surface area contributed by atoms with E-state index in [1.807, 2.05) is 0 Å². The van der Waals surface area contributed by atoms with Gasteiger partial charge in [0.15, 0.2) is 6.20 Å². The SMILES string of the molecule is Cc1cccc(C)c1B1c2ccccc2B(c2c(C)cccc2C)c2c1ccc(-c1cc(C(C)C)cc[n+]1C)c2C. The van der Waals surface area contributed by atoms with Crippen LogP contribution in [-0.2, 0) is 7.05 Å². The smallest absolute Gasteiger partial charge is 0.201 e. The zero-order valence-electron chi connectivity index (χ0n) is 25.8. The molecule has 0 saturated carbocycles. The van der Waals surface area contributed by atoms with Crippen molar-refractivity contribution in [2.45, 2.75) is 54.4 Å². The lowest BCUT2D eigenvalue weighted by Crippen LogP contribution is -2.76. The zero-order chi connectivity index (χ0) is 29.0. The summed E-state index contributed by atoms with van der Waals surface area (Å²) >= 11 is 0. The highest BCUT2D eigenvalue weighted by molar-refractivity contribution is 7.11. The summed E-state index contributed by atoms with van der Waals surface area (Å²) in [6.07, 6.45) is 2.22. The molecule has 3 heteroatoms. The Hall–Kier alpha value is -3.84. The summed E-state index contributed by atoms with van der Waals surface area (Å²) in [5, 5.41) is 0. The van der Waals surface area contributed by atoms with Crippen LogP contribution in [-0.4, -0.2) is 13.4 Å². The molecule has 1 aliphatic heterocycles. The zero-order valence-corrected chi connectivity index (χ0v) is 25.8. The Morgan fingerprint density at radius 3 is 1.66 bits per heavy atom. The summed E-state index contributed by atoms with van der Waals surface area (Å²) in [6.45, 7) is 16.4. The average Bonchev–Trinajstić information content (AvgIpc) is 2.94. The summed E-state index contributed by atoms with van der Waals surface area (Å²) in [5.74, 6) is 0.482. The molecule has 0 aliphatic carbocycles. The van der Waals surface area contributed by atoms with Gasteiger partial charge in [0.1, 0.15) is 7.05 Å². The van der Waals surface area contributed by atoms with Crippen LogP contribution in [0.3, 0.4) is 0 Å². The second-order valence-corrected chi connectivity index (χ2v) is 12.5. The molecule has 4 aromatic carbocycles. The number of benzene rings is 4. The first-order chi connectivity index (χ1) is 19.7. The van der Waals surface area contributed by atoms with E-state index in [9.17, 15) is 0 Å². The highest BCUT2D eigenvalue weighted by Gasteiger charge is 2.41. The largest absolute Gasteiger partial charge is 0.241 e. The van der Waals surface area contributed by atoms with Gasteiger partial charge in [-0.05, 0) is 57.7 Å². The number of nitrogens with zero attached hydrogens (tertiary/aromatic N) is 1. The molecule has 1 aliphatic rings. The van der Waals surface area contributed by atoms with Crippen LogP contribution in [0.25, 0.3) is 11.3 Å². The van der Waals surface area contributed by atoms with E-state index < -0.39 is 0 Å². The first-order valence-corrected chi connectivity index (χ1v) is 15.0. The van der Waals surface area contributed by atoms with Gasteiger partial charge in [0.05, 0.1) is 0 Å². The summed E-state index contributed by atoms with van der Waals surface area (Å²) in [6, 6.07) is 32.2. The van der Waals surface area contributed by atoms with E-state index in [-0.39, 0.29) is 13.4 Å². The van der Waals surface area contributed by atoms with Crippen LogP contribution in [0.4, 0.5) is 0 Å². The number of aromatic nitrogens is 1. The van der Waals surface area contributed by atoms with Crippen LogP contribution in [0.15, 0.2) is 91.1 Å². The molecule has 0 atom stereocenters. The van der Waals surface area contributed by atoms with Crippen molar-refractivity contribution in [3.05, 3.63) is 125 Å². The molecule has 0 N–H and O–H groups in total. The van der Waals surface area contributed by atoms with Gasteiger partial charge >= 0.3 is 0 Å². The quantitative estimate of drug-likeness (QED) is 0.237. The van der Waals surface area contributed by atoms with Gasteiger partial charge in [-0.15, -0.1) is 0 Å². The maximum absolute atomic E-state index is 2.45. The third-order valence-electron chi connectivity index (χ3n) is 9.54. The van der Waals surface area contributed by atoms with Gasteiger partial charge in [-0.1, -0.05) is 136 Å². The topological polar surface area (TPSA) is 3.88 Å². The fourth-order valence-corrected chi connectivity index (χ4v) is 7.41. The molecule has 5 aromatic rings. The van der Waals surface area contributed by atoms with E-state index in [0.29, 0.717) is 5.92 Å². The summed E-state index contributed by atoms with van der Waals surface area (Å²) in [7, 11) is 2.18. The number of rotatable bonds is 4. The Balaban J connectivity index is 1.73. The van der Waals surface area contributed by atoms with Crippen molar-refractivity contribution in [3.8, 4) is 11.3 Å². The standard InChI is InChI=1S/C38H40B2N/c1-24(2)30-21-22-41(8)35(23-30)31-19-20-34-38(29(31)7)40(37-27(5)15-12-16-28(37)6)33-18-10-9-17-32(33)39(34)36-25(3)13-11-14-26(36)4/h9-24H,1-8H3/q+1. The van der Waals surface area contributed by atoms with Crippen molar-refractivity contribution in [1.29, 1.82) is 0 Å².